The smallest absolute Gasteiger partial charge is 0.304 e. The fraction of sp³-hybridized carbons (Fsp3) is 0.400. The van der Waals surface area contributed by atoms with E-state index in [0.717, 1.165) is 0 Å². The summed E-state index contributed by atoms with van der Waals surface area (Å²) in [5.41, 5.74) is -0.0407. The summed E-state index contributed by atoms with van der Waals surface area (Å²) in [6.07, 6.45) is -0.366. The van der Waals surface area contributed by atoms with E-state index in [4.69, 9.17) is 16.3 Å². The Morgan fingerprint density at radius 2 is 1.89 bits per heavy atom. The number of carboxylic acid groups (broad SMARTS) is 1. The molecule has 0 aliphatic carbocycles. The van der Waals surface area contributed by atoms with Crippen LogP contribution in [0.3, 0.4) is 0 Å². The minimum atomic E-state index is -1.45. The highest BCUT2D eigenvalue weighted by molar-refractivity contribution is 6.30. The Bertz CT molecular complexity index is 1190. The Morgan fingerprint density at radius 3 is 2.46 bits per heavy atom. The van der Waals surface area contributed by atoms with Crippen LogP contribution in [-0.4, -0.2) is 71.6 Å². The highest BCUT2D eigenvalue weighted by atomic mass is 35.5. The van der Waals surface area contributed by atoms with Gasteiger partial charge < -0.3 is 24.5 Å². The molecule has 2 aromatic rings. The van der Waals surface area contributed by atoms with Gasteiger partial charge >= 0.3 is 5.97 Å². The zero-order chi connectivity index (χ0) is 27.3. The molecule has 0 fully saturated rings. The fourth-order valence-corrected chi connectivity index (χ4v) is 4.88. The Labute approximate surface area is 218 Å². The van der Waals surface area contributed by atoms with E-state index < -0.39 is 28.4 Å². The second-order valence-electron chi connectivity index (χ2n) is 8.68. The van der Waals surface area contributed by atoms with Crippen LogP contribution in [0.4, 0.5) is 5.69 Å². The quantitative estimate of drug-likeness (QED) is 0.247. The number of Topliss-reactive ketones (excluding diaryl/α,β-unsaturated/α-hetero) is 1. The number of hydrogen-bond acceptors (Lipinski definition) is 8. The number of methoxy groups -OCH3 is 1. The topological polar surface area (TPSA) is 140 Å². The van der Waals surface area contributed by atoms with Gasteiger partial charge in [0.25, 0.3) is 5.09 Å². The first-order valence-corrected chi connectivity index (χ1v) is 11.9. The van der Waals surface area contributed by atoms with Crippen molar-refractivity contribution in [3.63, 3.8) is 0 Å². The molecule has 0 aromatic heterocycles. The van der Waals surface area contributed by atoms with Crippen LogP contribution < -0.4 is 9.64 Å². The van der Waals surface area contributed by atoms with Crippen LogP contribution in [-0.2, 0) is 14.4 Å². The number of carbonyl (C=O) groups excluding carboxylic acids is 2. The molecule has 1 N–H and O–H groups in total. The summed E-state index contributed by atoms with van der Waals surface area (Å²) < 4.78 is 5.35. The van der Waals surface area contributed by atoms with Crippen molar-refractivity contribution in [2.24, 2.45) is 0 Å². The third kappa shape index (κ3) is 5.77. The lowest BCUT2D eigenvalue weighted by Crippen LogP contribution is -2.56. The minimum absolute atomic E-state index is 0.0278. The molecule has 1 aliphatic rings. The molecule has 0 spiro atoms. The van der Waals surface area contributed by atoms with Crippen molar-refractivity contribution >= 4 is 34.9 Å². The van der Waals surface area contributed by atoms with Crippen LogP contribution in [0.1, 0.15) is 42.1 Å². The Hall–Kier alpha value is -3.86. The first-order chi connectivity index (χ1) is 17.5. The average molecular weight is 534 g/mol. The molecule has 2 unspecified atom stereocenters. The van der Waals surface area contributed by atoms with Gasteiger partial charge in [-0.25, -0.2) is 0 Å². The van der Waals surface area contributed by atoms with Crippen molar-refractivity contribution in [3.8, 4) is 5.75 Å². The van der Waals surface area contributed by atoms with Crippen LogP contribution >= 0.6 is 11.6 Å². The molecule has 1 aliphatic heterocycles. The van der Waals surface area contributed by atoms with E-state index in [9.17, 15) is 29.6 Å². The number of carboxylic acids is 1. The van der Waals surface area contributed by atoms with Gasteiger partial charge in [-0.15, -0.1) is 10.1 Å². The van der Waals surface area contributed by atoms with E-state index in [1.54, 1.807) is 61.2 Å². The Balaban J connectivity index is 2.08. The van der Waals surface area contributed by atoms with Gasteiger partial charge in [0.2, 0.25) is 5.91 Å². The summed E-state index contributed by atoms with van der Waals surface area (Å²) in [7, 11) is 1.48. The molecular weight excluding hydrogens is 506 g/mol. The number of ether oxygens (including phenoxy) is 1. The first-order valence-electron chi connectivity index (χ1n) is 11.6. The third-order valence-electron chi connectivity index (χ3n) is 6.67. The predicted octanol–water partition coefficient (Wildman–Crippen LogP) is 3.43. The number of likely N-dealkylation sites (N-methyl/N-ethyl adjacent to an activating group) is 1. The summed E-state index contributed by atoms with van der Waals surface area (Å²) >= 11 is 6.01. The van der Waals surface area contributed by atoms with Gasteiger partial charge in [-0.05, 0) is 61.9 Å². The maximum Gasteiger partial charge on any atom is 0.304 e. The second-order valence-corrected chi connectivity index (χ2v) is 9.11. The van der Waals surface area contributed by atoms with Gasteiger partial charge in [0.15, 0.2) is 5.78 Å². The lowest BCUT2D eigenvalue weighted by molar-refractivity contribution is -0.757. The van der Waals surface area contributed by atoms with E-state index in [2.05, 4.69) is 4.84 Å². The maximum absolute atomic E-state index is 14.0. The molecule has 11 nitrogen and oxygen atoms in total. The van der Waals surface area contributed by atoms with Crippen molar-refractivity contribution in [3.05, 3.63) is 68.7 Å². The summed E-state index contributed by atoms with van der Waals surface area (Å²) in [5.74, 6) is -2.20. The standard InChI is InChI=1S/C25H28ClN3O8/c1-4-27(11-12-37-29(34)35)22(30)15-28-21-10-9-18(36-3)13-19(21)20(14-23(31)32)25(28,2)24(33)16-5-7-17(26)8-6-16/h5-10,13,20H,4,11-12,14-15H2,1-3H3,(H,31,32). The summed E-state index contributed by atoms with van der Waals surface area (Å²) in [6.45, 7) is 3.01. The molecule has 1 amide bonds. The van der Waals surface area contributed by atoms with Crippen molar-refractivity contribution in [2.75, 3.05) is 38.3 Å². The van der Waals surface area contributed by atoms with Crippen LogP contribution in [0.15, 0.2) is 42.5 Å². The molecule has 2 atom stereocenters. The van der Waals surface area contributed by atoms with Crippen LogP contribution in [0.5, 0.6) is 5.75 Å². The summed E-state index contributed by atoms with van der Waals surface area (Å²) in [5, 5.41) is 19.8. The number of nitrogens with zero attached hydrogens (tertiary/aromatic N) is 3. The zero-order valence-corrected chi connectivity index (χ0v) is 21.4. The zero-order valence-electron chi connectivity index (χ0n) is 20.7. The number of anilines is 1. The van der Waals surface area contributed by atoms with Crippen molar-refractivity contribution in [2.45, 2.75) is 31.7 Å². The van der Waals surface area contributed by atoms with Crippen molar-refractivity contribution in [1.82, 2.24) is 4.90 Å². The lowest BCUT2D eigenvalue weighted by Gasteiger charge is -2.40. The number of rotatable bonds is 12. The van der Waals surface area contributed by atoms with Crippen molar-refractivity contribution in [1.29, 1.82) is 0 Å². The average Bonchev–Trinajstić information content (AvgIpc) is 3.09. The van der Waals surface area contributed by atoms with E-state index >= 15 is 0 Å². The van der Waals surface area contributed by atoms with E-state index in [1.807, 2.05) is 0 Å². The maximum atomic E-state index is 14.0. The van der Waals surface area contributed by atoms with Gasteiger partial charge in [-0.1, -0.05) is 11.6 Å². The molecule has 1 heterocycles. The molecule has 3 rings (SSSR count). The Kier molecular flexibility index (Phi) is 8.59. The second kappa shape index (κ2) is 11.5. The number of aliphatic carboxylic acids is 1. The highest BCUT2D eigenvalue weighted by Gasteiger charge is 2.54. The number of ketones is 1. The molecule has 0 saturated heterocycles. The molecule has 2 aromatic carbocycles. The molecule has 37 heavy (non-hydrogen) atoms. The minimum Gasteiger partial charge on any atom is -0.497 e. The molecule has 12 heteroatoms. The van der Waals surface area contributed by atoms with Gasteiger partial charge in [-0.2, -0.15) is 0 Å². The summed E-state index contributed by atoms with van der Waals surface area (Å²) in [4.78, 5) is 57.2. The monoisotopic (exact) mass is 533 g/mol. The predicted molar refractivity (Wildman–Crippen MR) is 135 cm³/mol. The number of halogens is 1. The van der Waals surface area contributed by atoms with Crippen LogP contribution in [0, 0.1) is 10.1 Å². The van der Waals surface area contributed by atoms with Gasteiger partial charge in [0.05, 0.1) is 20.1 Å². The van der Waals surface area contributed by atoms with Gasteiger partial charge in [0, 0.05) is 35.3 Å². The summed E-state index contributed by atoms with van der Waals surface area (Å²) in [6, 6.07) is 11.3. The molecule has 0 saturated carbocycles. The number of hydrogen-bond donors (Lipinski definition) is 1. The van der Waals surface area contributed by atoms with Crippen molar-refractivity contribution < 1.29 is 34.2 Å². The normalized spacial score (nSPS) is 18.2. The first kappa shape index (κ1) is 27.7. The lowest BCUT2D eigenvalue weighted by atomic mass is 9.76. The van der Waals surface area contributed by atoms with Gasteiger partial charge in [0.1, 0.15) is 17.9 Å². The van der Waals surface area contributed by atoms with Crippen LogP contribution in [0.2, 0.25) is 5.02 Å². The van der Waals surface area contributed by atoms with E-state index in [-0.39, 0.29) is 38.4 Å². The van der Waals surface area contributed by atoms with Crippen LogP contribution in [0.25, 0.3) is 0 Å². The highest BCUT2D eigenvalue weighted by Crippen LogP contribution is 2.51. The third-order valence-corrected chi connectivity index (χ3v) is 6.92. The number of amides is 1. The number of benzene rings is 2. The largest absolute Gasteiger partial charge is 0.497 e. The number of fused-ring (bicyclic) bond motifs is 1. The fourth-order valence-electron chi connectivity index (χ4n) is 4.75. The SMILES string of the molecule is CCN(CCO[N+](=O)[O-])C(=O)CN1c2ccc(OC)cc2C(CC(=O)O)C1(C)C(=O)c1ccc(Cl)cc1. The molecule has 198 valence electrons. The number of carbonyl (C=O) groups is 3. The Morgan fingerprint density at radius 1 is 1.22 bits per heavy atom. The van der Waals surface area contributed by atoms with E-state index in [0.29, 0.717) is 27.6 Å². The molecule has 0 radical (unpaired) electrons. The molecule has 0 bridgehead atoms. The molecular formula is C25H28ClN3O8. The van der Waals surface area contributed by atoms with E-state index in [1.165, 1.54) is 12.0 Å². The van der Waals surface area contributed by atoms with Gasteiger partial charge in [-0.3, -0.25) is 14.4 Å².